The van der Waals surface area contributed by atoms with Crippen LogP contribution in [0.1, 0.15) is 5.56 Å². The van der Waals surface area contributed by atoms with E-state index in [2.05, 4.69) is 5.32 Å². The van der Waals surface area contributed by atoms with Crippen molar-refractivity contribution in [1.29, 1.82) is 5.26 Å². The van der Waals surface area contributed by atoms with E-state index in [-0.39, 0.29) is 16.3 Å². The van der Waals surface area contributed by atoms with Crippen molar-refractivity contribution in [2.75, 3.05) is 12.4 Å². The molecular formula is C17H12ClN3O4. The van der Waals surface area contributed by atoms with Gasteiger partial charge in [0.15, 0.2) is 0 Å². The molecule has 2 rings (SSSR count). The second-order valence-electron chi connectivity index (χ2n) is 4.82. The van der Waals surface area contributed by atoms with Gasteiger partial charge in [0.1, 0.15) is 22.4 Å². The average molecular weight is 358 g/mol. The van der Waals surface area contributed by atoms with Crippen LogP contribution in [-0.4, -0.2) is 17.9 Å². The van der Waals surface area contributed by atoms with Gasteiger partial charge in [-0.2, -0.15) is 5.26 Å². The summed E-state index contributed by atoms with van der Waals surface area (Å²) in [5, 5.41) is 22.6. The van der Waals surface area contributed by atoms with E-state index in [0.29, 0.717) is 17.0 Å². The highest BCUT2D eigenvalue weighted by molar-refractivity contribution is 6.32. The zero-order chi connectivity index (χ0) is 18.4. The van der Waals surface area contributed by atoms with E-state index >= 15 is 0 Å². The van der Waals surface area contributed by atoms with Gasteiger partial charge in [0.25, 0.3) is 11.6 Å². The van der Waals surface area contributed by atoms with Crippen molar-refractivity contribution in [2.24, 2.45) is 0 Å². The highest BCUT2D eigenvalue weighted by Gasteiger charge is 2.14. The molecule has 2 aromatic rings. The predicted molar refractivity (Wildman–Crippen MR) is 93.3 cm³/mol. The third-order valence-corrected chi connectivity index (χ3v) is 3.51. The number of rotatable bonds is 5. The molecule has 0 heterocycles. The van der Waals surface area contributed by atoms with E-state index in [1.807, 2.05) is 0 Å². The molecule has 0 aliphatic rings. The van der Waals surface area contributed by atoms with Crippen LogP contribution in [0.5, 0.6) is 5.75 Å². The molecule has 2 aromatic carbocycles. The van der Waals surface area contributed by atoms with E-state index in [1.54, 1.807) is 30.3 Å². The fourth-order valence-electron chi connectivity index (χ4n) is 1.95. The van der Waals surface area contributed by atoms with Gasteiger partial charge in [-0.25, -0.2) is 0 Å². The molecule has 0 aliphatic heterocycles. The lowest BCUT2D eigenvalue weighted by Crippen LogP contribution is -2.13. The lowest BCUT2D eigenvalue weighted by molar-refractivity contribution is -0.384. The first-order valence-electron chi connectivity index (χ1n) is 6.95. The van der Waals surface area contributed by atoms with Gasteiger partial charge >= 0.3 is 0 Å². The number of halogens is 1. The third-order valence-electron chi connectivity index (χ3n) is 3.19. The molecule has 0 saturated heterocycles. The van der Waals surface area contributed by atoms with Gasteiger partial charge < -0.3 is 10.1 Å². The Morgan fingerprint density at radius 3 is 2.56 bits per heavy atom. The van der Waals surface area contributed by atoms with Crippen molar-refractivity contribution in [2.45, 2.75) is 0 Å². The van der Waals surface area contributed by atoms with Crippen molar-refractivity contribution in [3.05, 3.63) is 68.7 Å². The van der Waals surface area contributed by atoms with Crippen LogP contribution >= 0.6 is 11.6 Å². The van der Waals surface area contributed by atoms with Crippen molar-refractivity contribution in [3.63, 3.8) is 0 Å². The van der Waals surface area contributed by atoms with Gasteiger partial charge in [-0.05, 0) is 42.0 Å². The van der Waals surface area contributed by atoms with Crippen LogP contribution in [-0.2, 0) is 4.79 Å². The number of carbonyl (C=O) groups is 1. The normalized spacial score (nSPS) is 10.7. The Balaban J connectivity index is 2.24. The Hall–Kier alpha value is -3.37. The molecule has 8 heteroatoms. The van der Waals surface area contributed by atoms with Gasteiger partial charge in [-0.3, -0.25) is 14.9 Å². The van der Waals surface area contributed by atoms with Crippen LogP contribution in [0.25, 0.3) is 6.08 Å². The van der Waals surface area contributed by atoms with E-state index < -0.39 is 10.8 Å². The Bertz CT molecular complexity index is 886. The van der Waals surface area contributed by atoms with Crippen LogP contribution in [0.3, 0.4) is 0 Å². The average Bonchev–Trinajstić information content (AvgIpc) is 2.61. The molecule has 0 saturated carbocycles. The molecule has 0 radical (unpaired) electrons. The van der Waals surface area contributed by atoms with Crippen LogP contribution in [0.15, 0.2) is 48.0 Å². The molecule has 0 unspecified atom stereocenters. The fraction of sp³-hybridized carbons (Fsp3) is 0.0588. The number of nitro benzene ring substituents is 1. The summed E-state index contributed by atoms with van der Waals surface area (Å²) in [7, 11) is 1.52. The number of nitrogens with one attached hydrogen (secondary N) is 1. The number of amides is 1. The maximum atomic E-state index is 12.2. The third kappa shape index (κ3) is 4.56. The molecule has 25 heavy (non-hydrogen) atoms. The molecule has 0 bridgehead atoms. The topological polar surface area (TPSA) is 105 Å². The SMILES string of the molecule is COc1ccc(NC(=O)/C(C#N)=C\c2ccc(Cl)c([N+](=O)[O-])c2)cc1. The minimum Gasteiger partial charge on any atom is -0.497 e. The maximum Gasteiger partial charge on any atom is 0.288 e. The monoisotopic (exact) mass is 357 g/mol. The minimum absolute atomic E-state index is 0.0247. The first-order chi connectivity index (χ1) is 11.9. The summed E-state index contributed by atoms with van der Waals surface area (Å²) in [4.78, 5) is 22.5. The molecule has 7 nitrogen and oxygen atoms in total. The molecule has 1 N–H and O–H groups in total. The number of methoxy groups -OCH3 is 1. The summed E-state index contributed by atoms with van der Waals surface area (Å²) in [5.74, 6) is -0.00667. The zero-order valence-corrected chi connectivity index (χ0v) is 13.8. The van der Waals surface area contributed by atoms with Gasteiger partial charge in [0.2, 0.25) is 0 Å². The summed E-state index contributed by atoms with van der Waals surface area (Å²) < 4.78 is 5.02. The van der Waals surface area contributed by atoms with Crippen molar-refractivity contribution >= 4 is 35.0 Å². The van der Waals surface area contributed by atoms with Crippen molar-refractivity contribution in [3.8, 4) is 11.8 Å². The molecular weight excluding hydrogens is 346 g/mol. The smallest absolute Gasteiger partial charge is 0.288 e. The van der Waals surface area contributed by atoms with Crippen molar-refractivity contribution < 1.29 is 14.5 Å². The standard InChI is InChI=1S/C17H12ClN3O4/c1-25-14-5-3-13(4-6-14)20-17(22)12(10-19)8-11-2-7-15(18)16(9-11)21(23)24/h2-9H,1H3,(H,20,22)/b12-8-. The lowest BCUT2D eigenvalue weighted by atomic mass is 10.1. The number of nitro groups is 1. The van der Waals surface area contributed by atoms with Gasteiger partial charge in [0.05, 0.1) is 12.0 Å². The van der Waals surface area contributed by atoms with Gasteiger partial charge in [0, 0.05) is 11.8 Å². The Kier molecular flexibility index (Phi) is 5.71. The zero-order valence-electron chi connectivity index (χ0n) is 13.0. The number of nitriles is 1. The Morgan fingerprint density at radius 1 is 1.32 bits per heavy atom. The van der Waals surface area contributed by atoms with E-state index in [1.165, 1.54) is 31.4 Å². The van der Waals surface area contributed by atoms with E-state index in [0.717, 1.165) is 0 Å². The highest BCUT2D eigenvalue weighted by atomic mass is 35.5. The number of carbonyl (C=O) groups excluding carboxylic acids is 1. The van der Waals surface area contributed by atoms with Crippen LogP contribution < -0.4 is 10.1 Å². The molecule has 0 atom stereocenters. The number of hydrogen-bond donors (Lipinski definition) is 1. The summed E-state index contributed by atoms with van der Waals surface area (Å²) in [6, 6.07) is 12.4. The second-order valence-corrected chi connectivity index (χ2v) is 5.23. The molecule has 126 valence electrons. The largest absolute Gasteiger partial charge is 0.497 e. The summed E-state index contributed by atoms with van der Waals surface area (Å²) in [6.07, 6.45) is 1.25. The summed E-state index contributed by atoms with van der Waals surface area (Å²) in [6.45, 7) is 0. The Morgan fingerprint density at radius 2 is 2.00 bits per heavy atom. The lowest BCUT2D eigenvalue weighted by Gasteiger charge is -2.05. The Labute approximate surface area is 148 Å². The highest BCUT2D eigenvalue weighted by Crippen LogP contribution is 2.26. The predicted octanol–water partition coefficient (Wildman–Crippen LogP) is 3.80. The first-order valence-corrected chi connectivity index (χ1v) is 7.33. The van der Waals surface area contributed by atoms with Crippen molar-refractivity contribution in [1.82, 2.24) is 0 Å². The number of hydrogen-bond acceptors (Lipinski definition) is 5. The van der Waals surface area contributed by atoms with Gasteiger partial charge in [-0.1, -0.05) is 17.7 Å². The van der Waals surface area contributed by atoms with Crippen LogP contribution in [0, 0.1) is 21.4 Å². The minimum atomic E-state index is -0.636. The second kappa shape index (κ2) is 7.95. The summed E-state index contributed by atoms with van der Waals surface area (Å²) in [5.41, 5.74) is 0.294. The molecule has 1 amide bonds. The first kappa shape index (κ1) is 18.0. The van der Waals surface area contributed by atoms with E-state index in [9.17, 15) is 20.2 Å². The van der Waals surface area contributed by atoms with Crippen LogP contribution in [0.4, 0.5) is 11.4 Å². The number of nitrogens with zero attached hydrogens (tertiary/aromatic N) is 2. The molecule has 0 fully saturated rings. The summed E-state index contributed by atoms with van der Waals surface area (Å²) >= 11 is 5.74. The fourth-order valence-corrected chi connectivity index (χ4v) is 2.13. The number of benzene rings is 2. The van der Waals surface area contributed by atoms with Crippen LogP contribution in [0.2, 0.25) is 5.02 Å². The molecule has 0 spiro atoms. The number of ether oxygens (including phenoxy) is 1. The van der Waals surface area contributed by atoms with E-state index in [4.69, 9.17) is 16.3 Å². The number of anilines is 1. The molecule has 0 aromatic heterocycles. The quantitative estimate of drug-likeness (QED) is 0.379. The maximum absolute atomic E-state index is 12.2. The van der Waals surface area contributed by atoms with Gasteiger partial charge in [-0.15, -0.1) is 0 Å². The molecule has 0 aliphatic carbocycles.